The quantitative estimate of drug-likeness (QED) is 0.746. The summed E-state index contributed by atoms with van der Waals surface area (Å²) in [6, 6.07) is 17.4. The first-order valence-corrected chi connectivity index (χ1v) is 9.13. The van der Waals surface area contributed by atoms with Gasteiger partial charge in [0.15, 0.2) is 0 Å². The molecule has 1 unspecified atom stereocenters. The third-order valence-electron chi connectivity index (χ3n) is 5.22. The summed E-state index contributed by atoms with van der Waals surface area (Å²) in [6.45, 7) is 1.75. The molecule has 1 saturated carbocycles. The van der Waals surface area contributed by atoms with E-state index in [2.05, 4.69) is 17.4 Å². The lowest BCUT2D eigenvalue weighted by molar-refractivity contribution is -0.139. The average Bonchev–Trinajstić information content (AvgIpc) is 3.40. The molecule has 0 bridgehead atoms. The summed E-state index contributed by atoms with van der Waals surface area (Å²) < 4.78 is 5.24. The maximum absolute atomic E-state index is 12.7. The molecule has 5 nitrogen and oxygen atoms in total. The fraction of sp³-hybridized carbons (Fsp3) is 0.364. The van der Waals surface area contributed by atoms with E-state index in [1.807, 2.05) is 24.3 Å². The van der Waals surface area contributed by atoms with Crippen molar-refractivity contribution >= 4 is 11.9 Å². The molecule has 1 aliphatic carbocycles. The van der Waals surface area contributed by atoms with Crippen molar-refractivity contribution < 1.29 is 19.4 Å². The van der Waals surface area contributed by atoms with Gasteiger partial charge in [-0.1, -0.05) is 42.5 Å². The molecule has 1 aliphatic rings. The topological polar surface area (TPSA) is 75.6 Å². The lowest BCUT2D eigenvalue weighted by Crippen LogP contribution is -2.45. The number of amides is 1. The van der Waals surface area contributed by atoms with Crippen molar-refractivity contribution in [2.24, 2.45) is 5.92 Å². The SMILES string of the molecule is COc1cccc(C(C)(CC(=O)O)NC(=O)C[C@@H]2C[C@H]2c2ccccc2)c1. The molecule has 142 valence electrons. The van der Waals surface area contributed by atoms with Gasteiger partial charge in [-0.3, -0.25) is 9.59 Å². The number of ether oxygens (including phenoxy) is 1. The van der Waals surface area contributed by atoms with Crippen LogP contribution in [-0.2, 0) is 15.1 Å². The van der Waals surface area contributed by atoms with Gasteiger partial charge in [0.1, 0.15) is 5.75 Å². The van der Waals surface area contributed by atoms with Crippen molar-refractivity contribution in [1.29, 1.82) is 0 Å². The van der Waals surface area contributed by atoms with Gasteiger partial charge in [-0.15, -0.1) is 0 Å². The minimum absolute atomic E-state index is 0.120. The van der Waals surface area contributed by atoms with Crippen LogP contribution in [0, 0.1) is 5.92 Å². The molecule has 0 saturated heterocycles. The number of carboxylic acid groups (broad SMARTS) is 1. The van der Waals surface area contributed by atoms with Crippen molar-refractivity contribution in [3.05, 3.63) is 65.7 Å². The molecule has 0 heterocycles. The zero-order valence-corrected chi connectivity index (χ0v) is 15.6. The van der Waals surface area contributed by atoms with Crippen LogP contribution in [0.15, 0.2) is 54.6 Å². The number of carboxylic acids is 1. The lowest BCUT2D eigenvalue weighted by Gasteiger charge is -2.30. The monoisotopic (exact) mass is 367 g/mol. The smallest absolute Gasteiger partial charge is 0.306 e. The number of hydrogen-bond acceptors (Lipinski definition) is 3. The van der Waals surface area contributed by atoms with E-state index in [0.717, 1.165) is 6.42 Å². The van der Waals surface area contributed by atoms with Crippen LogP contribution in [0.2, 0.25) is 0 Å². The Morgan fingerprint density at radius 2 is 1.93 bits per heavy atom. The van der Waals surface area contributed by atoms with E-state index in [-0.39, 0.29) is 12.3 Å². The fourth-order valence-electron chi connectivity index (χ4n) is 3.67. The highest BCUT2D eigenvalue weighted by Crippen LogP contribution is 2.49. The van der Waals surface area contributed by atoms with Crippen LogP contribution in [0.3, 0.4) is 0 Å². The highest BCUT2D eigenvalue weighted by Gasteiger charge is 2.41. The van der Waals surface area contributed by atoms with Crippen LogP contribution in [0.1, 0.15) is 43.2 Å². The van der Waals surface area contributed by atoms with Crippen molar-refractivity contribution in [3.8, 4) is 5.75 Å². The molecule has 2 N–H and O–H groups in total. The Kier molecular flexibility index (Phi) is 5.49. The van der Waals surface area contributed by atoms with Crippen molar-refractivity contribution in [2.75, 3.05) is 7.11 Å². The molecule has 1 amide bonds. The second-order valence-corrected chi connectivity index (χ2v) is 7.40. The Labute approximate surface area is 159 Å². The standard InChI is InChI=1S/C22H25NO4/c1-22(14-21(25)26,17-9-6-10-18(13-17)27-2)23-20(24)12-16-11-19(16)15-7-4-3-5-8-15/h3-10,13,16,19H,11-12,14H2,1-2H3,(H,23,24)(H,25,26)/t16-,19-,22?/m0/s1. The third kappa shape index (κ3) is 4.67. The van der Waals surface area contributed by atoms with Gasteiger partial charge in [0, 0.05) is 6.42 Å². The Balaban J connectivity index is 1.69. The number of carbonyl (C=O) groups excluding carboxylic acids is 1. The molecule has 0 aliphatic heterocycles. The molecule has 3 rings (SSSR count). The van der Waals surface area contributed by atoms with Crippen LogP contribution in [0.25, 0.3) is 0 Å². The molecule has 27 heavy (non-hydrogen) atoms. The molecular weight excluding hydrogens is 342 g/mol. The summed E-state index contributed by atoms with van der Waals surface area (Å²) in [7, 11) is 1.56. The van der Waals surface area contributed by atoms with Crippen LogP contribution in [-0.4, -0.2) is 24.1 Å². The van der Waals surface area contributed by atoms with Gasteiger partial charge >= 0.3 is 5.97 Å². The molecule has 1 fully saturated rings. The number of carbonyl (C=O) groups is 2. The van der Waals surface area contributed by atoms with Crippen LogP contribution in [0.5, 0.6) is 5.75 Å². The van der Waals surface area contributed by atoms with E-state index in [0.29, 0.717) is 29.6 Å². The molecule has 0 radical (unpaired) electrons. The Morgan fingerprint density at radius 3 is 2.59 bits per heavy atom. The minimum atomic E-state index is -0.991. The van der Waals surface area contributed by atoms with Gasteiger partial charge < -0.3 is 15.2 Å². The van der Waals surface area contributed by atoms with E-state index in [1.54, 1.807) is 32.2 Å². The van der Waals surface area contributed by atoms with E-state index < -0.39 is 11.5 Å². The first-order valence-electron chi connectivity index (χ1n) is 9.13. The van der Waals surface area contributed by atoms with Gasteiger partial charge in [-0.05, 0) is 48.4 Å². The largest absolute Gasteiger partial charge is 0.497 e. The number of rotatable bonds is 8. The maximum atomic E-state index is 12.7. The fourth-order valence-corrected chi connectivity index (χ4v) is 3.67. The van der Waals surface area contributed by atoms with Crippen molar-refractivity contribution in [2.45, 2.75) is 37.6 Å². The van der Waals surface area contributed by atoms with Gasteiger partial charge in [-0.25, -0.2) is 0 Å². The number of benzene rings is 2. The zero-order valence-electron chi connectivity index (χ0n) is 15.6. The highest BCUT2D eigenvalue weighted by atomic mass is 16.5. The third-order valence-corrected chi connectivity index (χ3v) is 5.22. The average molecular weight is 367 g/mol. The summed E-state index contributed by atoms with van der Waals surface area (Å²) in [5.74, 6) is 0.273. The molecule has 5 heteroatoms. The number of nitrogens with one attached hydrogen (secondary N) is 1. The predicted octanol–water partition coefficient (Wildman–Crippen LogP) is 3.70. The molecule has 2 aromatic rings. The molecule has 0 spiro atoms. The summed E-state index contributed by atoms with van der Waals surface area (Å²) >= 11 is 0. The summed E-state index contributed by atoms with van der Waals surface area (Å²) in [5.41, 5.74) is 0.985. The molecule has 2 aromatic carbocycles. The van der Waals surface area contributed by atoms with Gasteiger partial charge in [0.25, 0.3) is 0 Å². The molecule has 3 atom stereocenters. The van der Waals surface area contributed by atoms with Crippen LogP contribution in [0.4, 0.5) is 0 Å². The highest BCUT2D eigenvalue weighted by molar-refractivity contribution is 5.79. The second kappa shape index (κ2) is 7.82. The Morgan fingerprint density at radius 1 is 1.19 bits per heavy atom. The minimum Gasteiger partial charge on any atom is -0.497 e. The van der Waals surface area contributed by atoms with E-state index >= 15 is 0 Å². The Bertz CT molecular complexity index is 820. The first-order chi connectivity index (χ1) is 12.9. The van der Waals surface area contributed by atoms with E-state index in [1.165, 1.54) is 5.56 Å². The first kappa shape index (κ1) is 19.0. The van der Waals surface area contributed by atoms with Crippen molar-refractivity contribution in [1.82, 2.24) is 5.32 Å². The summed E-state index contributed by atoms with van der Waals surface area (Å²) in [5, 5.41) is 12.3. The van der Waals surface area contributed by atoms with E-state index in [4.69, 9.17) is 4.74 Å². The zero-order chi connectivity index (χ0) is 19.4. The van der Waals surface area contributed by atoms with Crippen LogP contribution < -0.4 is 10.1 Å². The van der Waals surface area contributed by atoms with Gasteiger partial charge in [0.2, 0.25) is 5.91 Å². The molecule has 0 aromatic heterocycles. The Hall–Kier alpha value is -2.82. The molecular formula is C22H25NO4. The maximum Gasteiger partial charge on any atom is 0.306 e. The van der Waals surface area contributed by atoms with Gasteiger partial charge in [0.05, 0.1) is 19.1 Å². The van der Waals surface area contributed by atoms with E-state index in [9.17, 15) is 14.7 Å². The number of methoxy groups -OCH3 is 1. The van der Waals surface area contributed by atoms with Gasteiger partial charge in [-0.2, -0.15) is 0 Å². The number of hydrogen-bond donors (Lipinski definition) is 2. The summed E-state index contributed by atoms with van der Waals surface area (Å²) in [6.07, 6.45) is 1.20. The summed E-state index contributed by atoms with van der Waals surface area (Å²) in [4.78, 5) is 24.1. The normalized spacial score (nSPS) is 20.4. The van der Waals surface area contributed by atoms with Crippen molar-refractivity contribution in [3.63, 3.8) is 0 Å². The lowest BCUT2D eigenvalue weighted by atomic mass is 9.88. The second-order valence-electron chi connectivity index (χ2n) is 7.40. The van der Waals surface area contributed by atoms with Crippen LogP contribution >= 0.6 is 0 Å². The number of aliphatic carboxylic acids is 1. The predicted molar refractivity (Wildman–Crippen MR) is 103 cm³/mol.